The van der Waals surface area contributed by atoms with Crippen molar-refractivity contribution in [2.24, 2.45) is 0 Å². The van der Waals surface area contributed by atoms with Crippen molar-refractivity contribution in [2.45, 2.75) is 20.4 Å². The van der Waals surface area contributed by atoms with Crippen LogP contribution in [0, 0.1) is 12.7 Å². The Morgan fingerprint density at radius 3 is 2.71 bits per heavy atom. The van der Waals surface area contributed by atoms with E-state index in [1.165, 1.54) is 16.7 Å². The Hall–Kier alpha value is -2.70. The fraction of sp³-hybridized carbons (Fsp3) is 0.214. The van der Waals surface area contributed by atoms with Gasteiger partial charge in [-0.3, -0.25) is 14.3 Å². The minimum Gasteiger partial charge on any atom is -0.332 e. The molecule has 2 heterocycles. The number of rotatable bonds is 2. The van der Waals surface area contributed by atoms with Crippen LogP contribution in [0.1, 0.15) is 12.5 Å². The summed E-state index contributed by atoms with van der Waals surface area (Å²) in [5.74, 6) is 0.0940. The first kappa shape index (κ1) is 13.3. The standard InChI is InChI=1S/C14H13FN4O2/c1-3-19-12-10(13(20)18-14(19)21)16-11(17-12)9-5-4-8(15)6-7(9)2/h4-6H,3H2,1-2H3,(H,16,17)(H,18,20,21). The molecule has 1 aromatic carbocycles. The highest BCUT2D eigenvalue weighted by molar-refractivity contribution is 5.76. The third-order valence-electron chi connectivity index (χ3n) is 3.39. The van der Waals surface area contributed by atoms with Gasteiger partial charge in [-0.15, -0.1) is 0 Å². The van der Waals surface area contributed by atoms with E-state index < -0.39 is 11.2 Å². The lowest BCUT2D eigenvalue weighted by Gasteiger charge is -2.01. The number of fused-ring (bicyclic) bond motifs is 1. The van der Waals surface area contributed by atoms with Crippen molar-refractivity contribution in [3.8, 4) is 11.4 Å². The van der Waals surface area contributed by atoms with E-state index in [0.29, 0.717) is 29.1 Å². The molecule has 0 unspecified atom stereocenters. The highest BCUT2D eigenvalue weighted by atomic mass is 19.1. The zero-order chi connectivity index (χ0) is 15.1. The van der Waals surface area contributed by atoms with Gasteiger partial charge in [0.1, 0.15) is 17.2 Å². The molecule has 0 bridgehead atoms. The van der Waals surface area contributed by atoms with Crippen LogP contribution in [-0.2, 0) is 6.54 Å². The lowest BCUT2D eigenvalue weighted by molar-refractivity contribution is 0.627. The number of hydrogen-bond donors (Lipinski definition) is 2. The molecule has 0 saturated carbocycles. The van der Waals surface area contributed by atoms with Crippen molar-refractivity contribution in [2.75, 3.05) is 0 Å². The highest BCUT2D eigenvalue weighted by Gasteiger charge is 2.14. The van der Waals surface area contributed by atoms with Gasteiger partial charge < -0.3 is 4.98 Å². The molecule has 2 aromatic heterocycles. The van der Waals surface area contributed by atoms with E-state index in [2.05, 4.69) is 15.0 Å². The zero-order valence-electron chi connectivity index (χ0n) is 11.5. The lowest BCUT2D eigenvalue weighted by atomic mass is 10.1. The Morgan fingerprint density at radius 2 is 2.05 bits per heavy atom. The van der Waals surface area contributed by atoms with Crippen LogP contribution in [0.15, 0.2) is 27.8 Å². The van der Waals surface area contributed by atoms with Gasteiger partial charge in [0, 0.05) is 12.1 Å². The number of aryl methyl sites for hydroxylation is 2. The van der Waals surface area contributed by atoms with Crippen LogP contribution in [-0.4, -0.2) is 19.5 Å². The van der Waals surface area contributed by atoms with Crippen molar-refractivity contribution in [1.29, 1.82) is 0 Å². The van der Waals surface area contributed by atoms with Crippen molar-refractivity contribution in [3.63, 3.8) is 0 Å². The van der Waals surface area contributed by atoms with Gasteiger partial charge in [-0.25, -0.2) is 14.2 Å². The van der Waals surface area contributed by atoms with Gasteiger partial charge in [0.2, 0.25) is 0 Å². The molecule has 0 atom stereocenters. The predicted octanol–water partition coefficient (Wildman–Crippen LogP) is 1.55. The molecule has 7 heteroatoms. The van der Waals surface area contributed by atoms with E-state index in [4.69, 9.17) is 0 Å². The SMILES string of the molecule is CCn1c(=O)[nH]c(=O)c2[nH]c(-c3ccc(F)cc3C)nc21. The summed E-state index contributed by atoms with van der Waals surface area (Å²) in [6.45, 7) is 3.93. The van der Waals surface area contributed by atoms with Gasteiger partial charge in [-0.2, -0.15) is 0 Å². The topological polar surface area (TPSA) is 83.5 Å². The molecule has 108 valence electrons. The van der Waals surface area contributed by atoms with Crippen LogP contribution in [0.5, 0.6) is 0 Å². The summed E-state index contributed by atoms with van der Waals surface area (Å²) in [5, 5.41) is 0. The summed E-state index contributed by atoms with van der Waals surface area (Å²) < 4.78 is 14.5. The molecule has 3 aromatic rings. The maximum Gasteiger partial charge on any atom is 0.330 e. The molecule has 0 fully saturated rings. The molecule has 0 amide bonds. The molecule has 0 spiro atoms. The third-order valence-corrected chi connectivity index (χ3v) is 3.39. The Balaban J connectivity index is 2.33. The predicted molar refractivity (Wildman–Crippen MR) is 76.8 cm³/mol. The van der Waals surface area contributed by atoms with Crippen molar-refractivity contribution < 1.29 is 4.39 Å². The van der Waals surface area contributed by atoms with E-state index in [-0.39, 0.29) is 11.3 Å². The first-order valence-corrected chi connectivity index (χ1v) is 6.50. The summed E-state index contributed by atoms with van der Waals surface area (Å²) in [4.78, 5) is 33.1. The number of aromatic nitrogens is 4. The Kier molecular flexibility index (Phi) is 2.97. The van der Waals surface area contributed by atoms with Crippen LogP contribution in [0.4, 0.5) is 4.39 Å². The average molecular weight is 288 g/mol. The molecular formula is C14H13FN4O2. The summed E-state index contributed by atoms with van der Waals surface area (Å²) in [6.07, 6.45) is 0. The summed E-state index contributed by atoms with van der Waals surface area (Å²) in [5.41, 5.74) is 0.889. The Morgan fingerprint density at radius 1 is 1.29 bits per heavy atom. The van der Waals surface area contributed by atoms with Crippen LogP contribution in [0.3, 0.4) is 0 Å². The minimum absolute atomic E-state index is 0.232. The van der Waals surface area contributed by atoms with Crippen LogP contribution < -0.4 is 11.2 Å². The normalized spacial score (nSPS) is 11.2. The highest BCUT2D eigenvalue weighted by Crippen LogP contribution is 2.22. The quantitative estimate of drug-likeness (QED) is 0.750. The van der Waals surface area contributed by atoms with Crippen molar-refractivity contribution in [1.82, 2.24) is 19.5 Å². The zero-order valence-corrected chi connectivity index (χ0v) is 11.5. The maximum absolute atomic E-state index is 13.2. The van der Waals surface area contributed by atoms with Crippen molar-refractivity contribution in [3.05, 3.63) is 50.4 Å². The molecular weight excluding hydrogens is 275 g/mol. The number of benzene rings is 1. The van der Waals surface area contributed by atoms with Crippen LogP contribution in [0.2, 0.25) is 0 Å². The maximum atomic E-state index is 13.2. The number of halogens is 1. The Labute approximate surface area is 118 Å². The summed E-state index contributed by atoms with van der Waals surface area (Å²) in [6, 6.07) is 4.30. The van der Waals surface area contributed by atoms with Gasteiger partial charge in [-0.1, -0.05) is 0 Å². The van der Waals surface area contributed by atoms with E-state index in [9.17, 15) is 14.0 Å². The number of aromatic amines is 2. The Bertz CT molecular complexity index is 952. The molecule has 21 heavy (non-hydrogen) atoms. The number of hydrogen-bond acceptors (Lipinski definition) is 3. The molecule has 2 N–H and O–H groups in total. The lowest BCUT2D eigenvalue weighted by Crippen LogP contribution is -2.29. The second-order valence-corrected chi connectivity index (χ2v) is 4.75. The number of H-pyrrole nitrogens is 2. The second kappa shape index (κ2) is 4.69. The molecule has 0 saturated heterocycles. The monoisotopic (exact) mass is 288 g/mol. The van der Waals surface area contributed by atoms with Crippen LogP contribution >= 0.6 is 0 Å². The van der Waals surface area contributed by atoms with E-state index >= 15 is 0 Å². The van der Waals surface area contributed by atoms with Gasteiger partial charge in [-0.05, 0) is 37.6 Å². The minimum atomic E-state index is -0.516. The smallest absolute Gasteiger partial charge is 0.330 e. The van der Waals surface area contributed by atoms with Gasteiger partial charge in [0.15, 0.2) is 5.65 Å². The first-order valence-electron chi connectivity index (χ1n) is 6.50. The average Bonchev–Trinajstić information content (AvgIpc) is 2.84. The molecule has 0 aliphatic heterocycles. The van der Waals surface area contributed by atoms with E-state index in [1.54, 1.807) is 19.9 Å². The molecule has 0 aliphatic carbocycles. The van der Waals surface area contributed by atoms with E-state index in [1.807, 2.05) is 0 Å². The molecule has 6 nitrogen and oxygen atoms in total. The number of nitrogens with zero attached hydrogens (tertiary/aromatic N) is 2. The summed E-state index contributed by atoms with van der Waals surface area (Å²) >= 11 is 0. The first-order chi connectivity index (χ1) is 10.0. The van der Waals surface area contributed by atoms with Gasteiger partial charge in [0.05, 0.1) is 0 Å². The number of nitrogens with one attached hydrogen (secondary N) is 2. The van der Waals surface area contributed by atoms with Crippen molar-refractivity contribution >= 4 is 11.2 Å². The fourth-order valence-electron chi connectivity index (χ4n) is 2.35. The number of imidazole rings is 1. The molecule has 0 aliphatic rings. The van der Waals surface area contributed by atoms with Gasteiger partial charge >= 0.3 is 5.69 Å². The summed E-state index contributed by atoms with van der Waals surface area (Å²) in [7, 11) is 0. The second-order valence-electron chi connectivity index (χ2n) is 4.75. The molecule has 3 rings (SSSR count). The molecule has 0 radical (unpaired) electrons. The van der Waals surface area contributed by atoms with E-state index in [0.717, 1.165) is 0 Å². The largest absolute Gasteiger partial charge is 0.332 e. The third kappa shape index (κ3) is 2.06. The fourth-order valence-corrected chi connectivity index (χ4v) is 2.35. The van der Waals surface area contributed by atoms with Gasteiger partial charge in [0.25, 0.3) is 5.56 Å². The van der Waals surface area contributed by atoms with Crippen LogP contribution in [0.25, 0.3) is 22.6 Å².